The standard InChI is InChI=1S/C33H38N4O2/c1-23-19-25(13-15-29(23)24-9-5-4-6-10-24)32(38)37-22-28-14-16-31(33(39)35-18-17-27(21-35)34(2)3)36(28)20-26-11-7-8-12-30(26)37/h7-9,11-16,19,27H,4-6,10,17-18,20-22H2,1-3H3/t27-/m1/s1. The normalized spacial score (nSPS) is 19.0. The average Bonchev–Trinajstić information content (AvgIpc) is 3.57. The third-order valence-electron chi connectivity index (χ3n) is 8.76. The number of rotatable bonds is 4. The second-order valence-corrected chi connectivity index (χ2v) is 11.5. The van der Waals surface area contributed by atoms with Crippen molar-refractivity contribution < 1.29 is 9.59 Å². The van der Waals surface area contributed by atoms with Crippen LogP contribution in [0.3, 0.4) is 0 Å². The molecular weight excluding hydrogens is 484 g/mol. The number of aromatic nitrogens is 1. The van der Waals surface area contributed by atoms with Gasteiger partial charge >= 0.3 is 0 Å². The Morgan fingerprint density at radius 1 is 0.949 bits per heavy atom. The Kier molecular flexibility index (Phi) is 6.90. The van der Waals surface area contributed by atoms with Crippen molar-refractivity contribution in [3.63, 3.8) is 0 Å². The van der Waals surface area contributed by atoms with Crippen LogP contribution in [0.15, 0.2) is 60.7 Å². The molecule has 6 rings (SSSR count). The van der Waals surface area contributed by atoms with E-state index in [1.807, 2.05) is 52.3 Å². The van der Waals surface area contributed by atoms with Gasteiger partial charge in [0, 0.05) is 36.1 Å². The maximum absolute atomic E-state index is 14.0. The molecule has 6 nitrogen and oxygen atoms in total. The summed E-state index contributed by atoms with van der Waals surface area (Å²) in [4.78, 5) is 33.7. The third kappa shape index (κ3) is 4.82. The molecule has 2 aromatic carbocycles. The molecule has 0 radical (unpaired) electrons. The van der Waals surface area contributed by atoms with Gasteiger partial charge in [0.2, 0.25) is 0 Å². The van der Waals surface area contributed by atoms with Crippen molar-refractivity contribution in [3.05, 3.63) is 94.3 Å². The number of para-hydroxylation sites is 1. The Bertz CT molecular complexity index is 1450. The topological polar surface area (TPSA) is 48.8 Å². The van der Waals surface area contributed by atoms with Crippen molar-refractivity contribution in [2.24, 2.45) is 0 Å². The number of hydrogen-bond acceptors (Lipinski definition) is 3. The fourth-order valence-corrected chi connectivity index (χ4v) is 6.43. The Morgan fingerprint density at radius 2 is 1.79 bits per heavy atom. The molecule has 3 aliphatic rings. The molecule has 0 N–H and O–H groups in total. The van der Waals surface area contributed by atoms with Crippen LogP contribution in [-0.4, -0.2) is 59.4 Å². The van der Waals surface area contributed by atoms with Crippen LogP contribution in [-0.2, 0) is 13.1 Å². The first-order valence-electron chi connectivity index (χ1n) is 14.2. The molecule has 1 fully saturated rings. The zero-order valence-electron chi connectivity index (χ0n) is 23.3. The van der Waals surface area contributed by atoms with Crippen molar-refractivity contribution >= 4 is 23.1 Å². The van der Waals surface area contributed by atoms with Gasteiger partial charge < -0.3 is 19.3 Å². The molecule has 0 bridgehead atoms. The highest BCUT2D eigenvalue weighted by atomic mass is 16.2. The van der Waals surface area contributed by atoms with Gasteiger partial charge in [-0.15, -0.1) is 0 Å². The van der Waals surface area contributed by atoms with Gasteiger partial charge in [-0.2, -0.15) is 0 Å². The first-order chi connectivity index (χ1) is 18.9. The van der Waals surface area contributed by atoms with Gasteiger partial charge in [0.05, 0.1) is 13.1 Å². The highest BCUT2D eigenvalue weighted by molar-refractivity contribution is 6.07. The molecule has 3 aromatic rings. The molecule has 1 aliphatic carbocycles. The van der Waals surface area contributed by atoms with Crippen LogP contribution in [0, 0.1) is 6.92 Å². The molecule has 2 amide bonds. The highest BCUT2D eigenvalue weighted by Gasteiger charge is 2.32. The zero-order valence-corrected chi connectivity index (χ0v) is 23.3. The maximum Gasteiger partial charge on any atom is 0.270 e. The minimum atomic E-state index is -0.00869. The number of aryl methyl sites for hydroxylation is 1. The van der Waals surface area contributed by atoms with Crippen molar-refractivity contribution in [2.75, 3.05) is 32.1 Å². The minimum absolute atomic E-state index is 0.00869. The number of likely N-dealkylation sites (N-methyl/N-ethyl adjacent to an activating group) is 1. The third-order valence-corrected chi connectivity index (χ3v) is 8.76. The van der Waals surface area contributed by atoms with Crippen LogP contribution >= 0.6 is 0 Å². The van der Waals surface area contributed by atoms with E-state index in [1.54, 1.807) is 0 Å². The van der Waals surface area contributed by atoms with Crippen LogP contribution in [0.25, 0.3) is 5.57 Å². The van der Waals surface area contributed by atoms with Crippen molar-refractivity contribution in [3.8, 4) is 0 Å². The first-order valence-corrected chi connectivity index (χ1v) is 14.2. The summed E-state index contributed by atoms with van der Waals surface area (Å²) in [6.07, 6.45) is 8.09. The second kappa shape index (κ2) is 10.5. The smallest absolute Gasteiger partial charge is 0.270 e. The van der Waals surface area contributed by atoms with Gasteiger partial charge in [-0.1, -0.05) is 30.3 Å². The summed E-state index contributed by atoms with van der Waals surface area (Å²) >= 11 is 0. The molecule has 1 saturated heterocycles. The second-order valence-electron chi connectivity index (χ2n) is 11.5. The molecule has 0 unspecified atom stereocenters. The molecule has 39 heavy (non-hydrogen) atoms. The van der Waals surface area contributed by atoms with Crippen molar-refractivity contribution in [2.45, 2.75) is 58.2 Å². The fourth-order valence-electron chi connectivity index (χ4n) is 6.43. The van der Waals surface area contributed by atoms with E-state index in [0.717, 1.165) is 54.9 Å². The molecular formula is C33H38N4O2. The van der Waals surface area contributed by atoms with Gasteiger partial charge in [-0.3, -0.25) is 9.59 Å². The summed E-state index contributed by atoms with van der Waals surface area (Å²) in [5.41, 5.74) is 8.15. The fraction of sp³-hybridized carbons (Fsp3) is 0.394. The van der Waals surface area contributed by atoms with Gasteiger partial charge in [0.15, 0.2) is 0 Å². The van der Waals surface area contributed by atoms with Gasteiger partial charge in [0.1, 0.15) is 5.69 Å². The molecule has 0 saturated carbocycles. The van der Waals surface area contributed by atoms with Gasteiger partial charge in [0.25, 0.3) is 11.8 Å². The minimum Gasteiger partial charge on any atom is -0.336 e. The number of allylic oxidation sites excluding steroid dienone is 2. The van der Waals surface area contributed by atoms with E-state index in [1.165, 1.54) is 24.0 Å². The Morgan fingerprint density at radius 3 is 2.54 bits per heavy atom. The number of nitrogens with zero attached hydrogens (tertiary/aromatic N) is 4. The maximum atomic E-state index is 14.0. The monoisotopic (exact) mass is 522 g/mol. The van der Waals surface area contributed by atoms with Crippen LogP contribution in [0.2, 0.25) is 0 Å². The number of fused-ring (bicyclic) bond motifs is 2. The van der Waals surface area contributed by atoms with E-state index in [4.69, 9.17) is 0 Å². The summed E-state index contributed by atoms with van der Waals surface area (Å²) in [6, 6.07) is 18.6. The lowest BCUT2D eigenvalue weighted by molar-refractivity contribution is 0.0772. The van der Waals surface area contributed by atoms with E-state index in [-0.39, 0.29) is 11.8 Å². The summed E-state index contributed by atoms with van der Waals surface area (Å²) in [7, 11) is 4.15. The molecule has 0 spiro atoms. The summed E-state index contributed by atoms with van der Waals surface area (Å²) in [5.74, 6) is 0.0664. The largest absolute Gasteiger partial charge is 0.336 e. The molecule has 2 aliphatic heterocycles. The van der Waals surface area contributed by atoms with Gasteiger partial charge in [-0.25, -0.2) is 0 Å². The summed E-state index contributed by atoms with van der Waals surface area (Å²) in [6.45, 7) is 4.63. The number of hydrogen-bond donors (Lipinski definition) is 0. The molecule has 1 aromatic heterocycles. The average molecular weight is 523 g/mol. The number of anilines is 1. The zero-order chi connectivity index (χ0) is 27.1. The predicted molar refractivity (Wildman–Crippen MR) is 156 cm³/mol. The quantitative estimate of drug-likeness (QED) is 0.439. The van der Waals surface area contributed by atoms with E-state index >= 15 is 0 Å². The van der Waals surface area contributed by atoms with Crippen LogP contribution in [0.1, 0.15) is 75.3 Å². The van der Waals surface area contributed by atoms with E-state index < -0.39 is 0 Å². The Hall–Kier alpha value is -3.64. The number of carbonyl (C=O) groups excluding carboxylic acids is 2. The molecule has 6 heteroatoms. The number of likely N-dealkylation sites (tertiary alicyclic amines) is 1. The molecule has 1 atom stereocenters. The van der Waals surface area contributed by atoms with Crippen LogP contribution in [0.5, 0.6) is 0 Å². The lowest BCUT2D eigenvalue weighted by atomic mass is 9.90. The predicted octanol–water partition coefficient (Wildman–Crippen LogP) is 5.74. The van der Waals surface area contributed by atoms with Crippen LogP contribution in [0.4, 0.5) is 5.69 Å². The Balaban J connectivity index is 1.31. The van der Waals surface area contributed by atoms with E-state index in [9.17, 15) is 9.59 Å². The number of benzene rings is 2. The molecule has 3 heterocycles. The number of carbonyl (C=O) groups is 2. The lowest BCUT2D eigenvalue weighted by Gasteiger charge is -2.23. The number of amides is 2. The molecule has 202 valence electrons. The van der Waals surface area contributed by atoms with E-state index in [2.05, 4.69) is 48.7 Å². The Labute approximate surface area is 231 Å². The summed E-state index contributed by atoms with van der Waals surface area (Å²) < 4.78 is 2.11. The van der Waals surface area contributed by atoms with Crippen molar-refractivity contribution in [1.29, 1.82) is 0 Å². The van der Waals surface area contributed by atoms with Gasteiger partial charge in [-0.05, 0) is 106 Å². The summed E-state index contributed by atoms with van der Waals surface area (Å²) in [5, 5.41) is 0. The highest BCUT2D eigenvalue weighted by Crippen LogP contribution is 2.33. The van der Waals surface area contributed by atoms with Crippen LogP contribution < -0.4 is 4.90 Å². The SMILES string of the molecule is Cc1cc(C(=O)N2Cc3ccc(C(=O)N4CC[C@@H](N(C)C)C4)n3Cc3ccccc32)ccc1C1=CCCCC1. The van der Waals surface area contributed by atoms with Crippen molar-refractivity contribution in [1.82, 2.24) is 14.4 Å². The van der Waals surface area contributed by atoms with E-state index in [0.29, 0.717) is 30.4 Å². The lowest BCUT2D eigenvalue weighted by Crippen LogP contribution is -2.35. The first kappa shape index (κ1) is 25.6.